The molecule has 326 valence electrons. The van der Waals surface area contributed by atoms with Crippen molar-refractivity contribution in [2.24, 2.45) is 0 Å². The van der Waals surface area contributed by atoms with Crippen LogP contribution in [0.1, 0.15) is 62.0 Å². The summed E-state index contributed by atoms with van der Waals surface area (Å²) in [6, 6.07) is 35.1. The second-order valence-corrected chi connectivity index (χ2v) is 15.9. The molecule has 0 saturated carbocycles. The summed E-state index contributed by atoms with van der Waals surface area (Å²) in [5.41, 5.74) is 14.2. The predicted octanol–water partition coefficient (Wildman–Crippen LogP) is 8.73. The van der Waals surface area contributed by atoms with Gasteiger partial charge in [0.2, 0.25) is 0 Å². The second kappa shape index (κ2) is 17.7. The first-order chi connectivity index (χ1) is 32.3. The van der Waals surface area contributed by atoms with Crippen LogP contribution in [0.3, 0.4) is 0 Å². The normalized spacial score (nSPS) is 12.5. The van der Waals surface area contributed by atoms with Crippen LogP contribution in [0.25, 0.3) is 45.1 Å². The Balaban J connectivity index is 0.000000156. The Bertz CT molecular complexity index is 3300. The van der Waals surface area contributed by atoms with Crippen LogP contribution in [-0.4, -0.2) is 53.8 Å². The Morgan fingerprint density at radius 1 is 0.667 bits per heavy atom. The summed E-state index contributed by atoms with van der Waals surface area (Å²) in [4.78, 5) is 60.1. The van der Waals surface area contributed by atoms with Crippen molar-refractivity contribution in [2.75, 3.05) is 17.2 Å². The van der Waals surface area contributed by atoms with Gasteiger partial charge in [0.1, 0.15) is 5.78 Å². The number of hydrogen-bond donors (Lipinski definition) is 5. The number of rotatable bonds is 12. The van der Waals surface area contributed by atoms with E-state index in [2.05, 4.69) is 58.1 Å². The van der Waals surface area contributed by atoms with Crippen LogP contribution in [0, 0.1) is 0 Å². The smallest absolute Gasteiger partial charge is 0.251 e. The monoisotopic (exact) mass is 874 g/mol. The maximum Gasteiger partial charge on any atom is 0.251 e. The standard InChI is InChI=1S/C27H25N5O3.C24H17N5O2/c1-17(33)3-2-12-29-26(34)18-4-7-21(8-5-18)31-23-10-11-24(32-14-13-28-25(23)32)19-6-9-22-20(15-19)16-30-27(22)35;30-24-19-6-3-16(11-17(19)12-27-24)21-8-7-20(23-26-9-10-29(21)23)28-18-4-1-15(2-5-18)22-13-25-14-31-22/h4-11,13-15,31H,2-3,12,16H2,1H3,(H,29,34)(H,30,35);1-11,13-14,28H,12H2,(H,27,30). The van der Waals surface area contributed by atoms with E-state index in [9.17, 15) is 19.2 Å². The molecule has 11 rings (SSSR count). The molecule has 0 saturated heterocycles. The summed E-state index contributed by atoms with van der Waals surface area (Å²) in [5, 5.41) is 15.4. The first-order valence-electron chi connectivity index (χ1n) is 21.4. The lowest BCUT2D eigenvalue weighted by molar-refractivity contribution is -0.117. The Hall–Kier alpha value is -8.85. The van der Waals surface area contributed by atoms with Gasteiger partial charge in [-0.25, -0.2) is 15.0 Å². The molecular weight excluding hydrogens is 833 g/mol. The molecule has 0 radical (unpaired) electrons. The fraction of sp³-hybridized carbons (Fsp3) is 0.118. The minimum absolute atomic E-state index is 0.0109. The summed E-state index contributed by atoms with van der Waals surface area (Å²) in [6.07, 6.45) is 11.6. The Morgan fingerprint density at radius 2 is 1.20 bits per heavy atom. The molecule has 0 atom stereocenters. The number of amides is 3. The maximum atomic E-state index is 12.3. The topological polar surface area (TPSA) is 189 Å². The molecule has 0 aliphatic carbocycles. The van der Waals surface area contributed by atoms with E-state index < -0.39 is 0 Å². The summed E-state index contributed by atoms with van der Waals surface area (Å²) >= 11 is 0. The number of anilines is 4. The van der Waals surface area contributed by atoms with Crippen LogP contribution in [0.15, 0.2) is 151 Å². The van der Waals surface area contributed by atoms with Crippen LogP contribution < -0.4 is 26.6 Å². The number of imidazole rings is 2. The van der Waals surface area contributed by atoms with E-state index in [1.54, 1.807) is 37.6 Å². The zero-order valence-corrected chi connectivity index (χ0v) is 35.7. The second-order valence-electron chi connectivity index (χ2n) is 15.9. The maximum absolute atomic E-state index is 12.3. The van der Waals surface area contributed by atoms with Crippen molar-refractivity contribution in [2.45, 2.75) is 32.9 Å². The summed E-state index contributed by atoms with van der Waals surface area (Å²) in [6.45, 7) is 3.13. The highest BCUT2D eigenvalue weighted by Crippen LogP contribution is 2.32. The first-order valence-corrected chi connectivity index (χ1v) is 21.4. The van der Waals surface area contributed by atoms with Gasteiger partial charge in [0.15, 0.2) is 23.4 Å². The molecule has 0 bridgehead atoms. The number of hydrogen-bond acceptors (Lipinski definition) is 10. The number of benzene rings is 4. The number of nitrogens with zero attached hydrogens (tertiary/aromatic N) is 5. The average molecular weight is 875 g/mol. The molecule has 2 aliphatic rings. The molecule has 5 N–H and O–H groups in total. The van der Waals surface area contributed by atoms with Crippen molar-refractivity contribution >= 4 is 57.5 Å². The number of nitrogens with one attached hydrogen (secondary N) is 5. The van der Waals surface area contributed by atoms with Gasteiger partial charge in [-0.05, 0) is 133 Å². The van der Waals surface area contributed by atoms with E-state index in [-0.39, 0.29) is 23.5 Å². The molecule has 3 amide bonds. The lowest BCUT2D eigenvalue weighted by Crippen LogP contribution is -2.24. The molecule has 15 heteroatoms. The molecule has 66 heavy (non-hydrogen) atoms. The molecule has 9 aromatic rings. The third kappa shape index (κ3) is 8.35. The van der Waals surface area contributed by atoms with Crippen LogP contribution >= 0.6 is 0 Å². The highest BCUT2D eigenvalue weighted by molar-refractivity contribution is 6.00. The molecule has 0 fully saturated rings. The van der Waals surface area contributed by atoms with E-state index in [0.717, 1.165) is 90.1 Å². The highest BCUT2D eigenvalue weighted by atomic mass is 16.3. The Labute approximate surface area is 378 Å². The lowest BCUT2D eigenvalue weighted by atomic mass is 10.0. The van der Waals surface area contributed by atoms with Crippen LogP contribution in [0.5, 0.6) is 0 Å². The van der Waals surface area contributed by atoms with Gasteiger partial charge in [-0.15, -0.1) is 0 Å². The van der Waals surface area contributed by atoms with Gasteiger partial charge in [-0.2, -0.15) is 0 Å². The first kappa shape index (κ1) is 41.2. The minimum Gasteiger partial charge on any atom is -0.444 e. The summed E-state index contributed by atoms with van der Waals surface area (Å²) in [7, 11) is 0. The van der Waals surface area contributed by atoms with Crippen molar-refractivity contribution in [3.05, 3.63) is 174 Å². The van der Waals surface area contributed by atoms with Gasteiger partial charge in [0, 0.05) is 84.5 Å². The van der Waals surface area contributed by atoms with E-state index >= 15 is 0 Å². The lowest BCUT2D eigenvalue weighted by Gasteiger charge is -2.13. The van der Waals surface area contributed by atoms with Crippen molar-refractivity contribution in [1.82, 2.24) is 39.7 Å². The SMILES string of the molecule is CC(=O)CCCNC(=O)c1ccc(Nc2ccc(-c3ccc4c(c3)CNC4=O)n3ccnc23)cc1.O=C1NCc2cc(-c3ccc(Nc4ccc(-c5cnco5)cc4)c4nccn34)ccc21. The number of fused-ring (bicyclic) bond motifs is 4. The summed E-state index contributed by atoms with van der Waals surface area (Å²) in [5.74, 6) is 0.651. The van der Waals surface area contributed by atoms with Crippen molar-refractivity contribution in [1.29, 1.82) is 0 Å². The third-order valence-electron chi connectivity index (χ3n) is 11.6. The minimum atomic E-state index is -0.161. The molecular formula is C51H42N10O5. The van der Waals surface area contributed by atoms with Gasteiger partial charge in [-0.3, -0.25) is 23.2 Å². The fourth-order valence-corrected chi connectivity index (χ4v) is 8.21. The van der Waals surface area contributed by atoms with Gasteiger partial charge < -0.3 is 35.8 Å². The van der Waals surface area contributed by atoms with E-state index in [0.29, 0.717) is 38.0 Å². The Kier molecular flexibility index (Phi) is 11.1. The Morgan fingerprint density at radius 3 is 1.71 bits per heavy atom. The van der Waals surface area contributed by atoms with Gasteiger partial charge in [-0.1, -0.05) is 12.1 Å². The van der Waals surface area contributed by atoms with Crippen molar-refractivity contribution in [3.8, 4) is 33.8 Å². The van der Waals surface area contributed by atoms with Crippen LogP contribution in [-0.2, 0) is 17.9 Å². The van der Waals surface area contributed by atoms with Gasteiger partial charge in [0.05, 0.1) is 29.0 Å². The number of ketones is 1. The number of aromatic nitrogens is 5. The highest BCUT2D eigenvalue weighted by Gasteiger charge is 2.21. The molecule has 7 heterocycles. The van der Waals surface area contributed by atoms with E-state index in [1.165, 1.54) is 6.39 Å². The zero-order chi connectivity index (χ0) is 45.1. The van der Waals surface area contributed by atoms with E-state index in [1.807, 2.05) is 102 Å². The summed E-state index contributed by atoms with van der Waals surface area (Å²) < 4.78 is 9.41. The fourth-order valence-electron chi connectivity index (χ4n) is 8.21. The number of pyridine rings is 2. The van der Waals surface area contributed by atoms with E-state index in [4.69, 9.17) is 4.42 Å². The molecule has 4 aromatic carbocycles. The molecule has 15 nitrogen and oxygen atoms in total. The largest absolute Gasteiger partial charge is 0.444 e. The molecule has 0 spiro atoms. The van der Waals surface area contributed by atoms with Crippen LogP contribution in [0.4, 0.5) is 22.7 Å². The quantitative estimate of drug-likeness (QED) is 0.0743. The van der Waals surface area contributed by atoms with Crippen molar-refractivity contribution in [3.63, 3.8) is 0 Å². The van der Waals surface area contributed by atoms with Crippen molar-refractivity contribution < 1.29 is 23.6 Å². The zero-order valence-electron chi connectivity index (χ0n) is 35.7. The molecule has 5 aromatic heterocycles. The third-order valence-corrected chi connectivity index (χ3v) is 11.6. The van der Waals surface area contributed by atoms with Gasteiger partial charge in [0.25, 0.3) is 17.7 Å². The van der Waals surface area contributed by atoms with Gasteiger partial charge >= 0.3 is 0 Å². The predicted molar refractivity (Wildman–Crippen MR) is 251 cm³/mol. The average Bonchev–Trinajstić information content (AvgIpc) is 4.21. The van der Waals surface area contributed by atoms with Crippen LogP contribution in [0.2, 0.25) is 0 Å². The number of carbonyl (C=O) groups is 4. The molecule has 0 unspecified atom stereocenters. The molecule has 2 aliphatic heterocycles. The number of oxazole rings is 1. The number of Topliss-reactive ketones (excluding diaryl/α,β-unsaturated/α-hetero) is 1. The number of carbonyl (C=O) groups excluding carboxylic acids is 4.